The van der Waals surface area contributed by atoms with Crippen LogP contribution in [0.1, 0.15) is 53.4 Å². The molecule has 2 atom stereocenters. The van der Waals surface area contributed by atoms with Crippen molar-refractivity contribution < 1.29 is 0 Å². The van der Waals surface area contributed by atoms with E-state index in [9.17, 15) is 0 Å². The van der Waals surface area contributed by atoms with E-state index in [1.54, 1.807) is 0 Å². The molecule has 0 rings (SSSR count). The van der Waals surface area contributed by atoms with E-state index < -0.39 is 0 Å². The van der Waals surface area contributed by atoms with Crippen molar-refractivity contribution in [3.8, 4) is 6.07 Å². The summed E-state index contributed by atoms with van der Waals surface area (Å²) in [4.78, 5) is 0. The largest absolute Gasteiger partial charge is 0.198 e. The highest BCUT2D eigenvalue weighted by atomic mass is 14.3. The molecule has 0 amide bonds. The minimum atomic E-state index is 0.255. The molecule has 0 heterocycles. The Morgan fingerprint density at radius 2 is 2.00 bits per heavy atom. The Morgan fingerprint density at radius 1 is 1.36 bits per heavy atom. The van der Waals surface area contributed by atoms with Crippen LogP contribution in [0.25, 0.3) is 0 Å². The molecule has 0 radical (unpaired) electrons. The van der Waals surface area contributed by atoms with E-state index in [1.807, 2.05) is 0 Å². The van der Waals surface area contributed by atoms with Crippen molar-refractivity contribution in [3.05, 3.63) is 11.6 Å². The number of rotatable bonds is 6. The summed E-state index contributed by atoms with van der Waals surface area (Å²) in [5.74, 6) is 0.793. The van der Waals surface area contributed by atoms with E-state index in [-0.39, 0.29) is 5.92 Å². The van der Waals surface area contributed by atoms with Gasteiger partial charge in [-0.15, -0.1) is 0 Å². The second kappa shape index (κ2) is 7.62. The summed E-state index contributed by atoms with van der Waals surface area (Å²) in [6.07, 6.45) is 6.68. The highest BCUT2D eigenvalue weighted by Crippen LogP contribution is 2.21. The molecule has 80 valence electrons. The smallest absolute Gasteiger partial charge is 0.0658 e. The zero-order valence-electron chi connectivity index (χ0n) is 10.0. The quantitative estimate of drug-likeness (QED) is 0.577. The second-order valence-electron chi connectivity index (χ2n) is 4.36. The SMILES string of the molecule is CCCC(C#N)C(C)CCC=C(C)C. The van der Waals surface area contributed by atoms with Gasteiger partial charge in [0.25, 0.3) is 0 Å². The zero-order chi connectivity index (χ0) is 11.0. The van der Waals surface area contributed by atoms with Gasteiger partial charge in [0, 0.05) is 5.92 Å². The number of nitriles is 1. The van der Waals surface area contributed by atoms with Crippen LogP contribution in [0, 0.1) is 23.2 Å². The van der Waals surface area contributed by atoms with Gasteiger partial charge in [-0.3, -0.25) is 0 Å². The Morgan fingerprint density at radius 3 is 2.43 bits per heavy atom. The van der Waals surface area contributed by atoms with E-state index in [2.05, 4.69) is 39.8 Å². The number of nitrogens with zero attached hydrogens (tertiary/aromatic N) is 1. The topological polar surface area (TPSA) is 23.8 Å². The van der Waals surface area contributed by atoms with Crippen LogP contribution in [0.4, 0.5) is 0 Å². The molecule has 0 spiro atoms. The molecule has 14 heavy (non-hydrogen) atoms. The minimum absolute atomic E-state index is 0.255. The summed E-state index contributed by atoms with van der Waals surface area (Å²) in [5.41, 5.74) is 1.38. The molecule has 1 nitrogen and oxygen atoms in total. The monoisotopic (exact) mass is 193 g/mol. The average Bonchev–Trinajstić information content (AvgIpc) is 2.13. The van der Waals surface area contributed by atoms with Crippen molar-refractivity contribution in [2.24, 2.45) is 11.8 Å². The summed E-state index contributed by atoms with van der Waals surface area (Å²) >= 11 is 0. The third kappa shape index (κ3) is 5.80. The predicted octanol–water partition coefficient (Wildman–Crippen LogP) is 4.31. The Kier molecular flexibility index (Phi) is 7.20. The maximum Gasteiger partial charge on any atom is 0.0658 e. The van der Waals surface area contributed by atoms with Crippen LogP contribution in [-0.4, -0.2) is 0 Å². The molecule has 0 aliphatic rings. The lowest BCUT2D eigenvalue weighted by atomic mass is 9.88. The molecular formula is C13H23N. The fourth-order valence-electron chi connectivity index (χ4n) is 1.62. The van der Waals surface area contributed by atoms with Gasteiger partial charge in [-0.05, 0) is 39.0 Å². The summed E-state index contributed by atoms with van der Waals surface area (Å²) in [5, 5.41) is 8.97. The third-order valence-electron chi connectivity index (χ3n) is 2.63. The van der Waals surface area contributed by atoms with E-state index >= 15 is 0 Å². The van der Waals surface area contributed by atoms with Crippen LogP contribution in [-0.2, 0) is 0 Å². The van der Waals surface area contributed by atoms with Crippen molar-refractivity contribution in [2.75, 3.05) is 0 Å². The van der Waals surface area contributed by atoms with Crippen LogP contribution in [0.5, 0.6) is 0 Å². The van der Waals surface area contributed by atoms with E-state index in [4.69, 9.17) is 5.26 Å². The summed E-state index contributed by atoms with van der Waals surface area (Å²) in [7, 11) is 0. The molecular weight excluding hydrogens is 170 g/mol. The molecule has 0 aromatic heterocycles. The molecule has 0 aliphatic carbocycles. The standard InChI is InChI=1S/C13H23N/c1-5-7-13(10-14)12(4)9-6-8-11(2)3/h8,12-13H,5-7,9H2,1-4H3. The van der Waals surface area contributed by atoms with Crippen LogP contribution < -0.4 is 0 Å². The first-order chi connectivity index (χ1) is 6.61. The highest BCUT2D eigenvalue weighted by molar-refractivity contribution is 4.94. The van der Waals surface area contributed by atoms with E-state index in [0.717, 1.165) is 25.7 Å². The Bertz CT molecular complexity index is 206. The Hall–Kier alpha value is -0.770. The Labute approximate surface area is 88.8 Å². The van der Waals surface area contributed by atoms with Crippen LogP contribution in [0.2, 0.25) is 0 Å². The summed E-state index contributed by atoms with van der Waals surface area (Å²) in [6, 6.07) is 2.42. The van der Waals surface area contributed by atoms with Crippen LogP contribution in [0.3, 0.4) is 0 Å². The van der Waals surface area contributed by atoms with Gasteiger partial charge >= 0.3 is 0 Å². The first-order valence-corrected chi connectivity index (χ1v) is 5.64. The molecule has 0 aromatic rings. The van der Waals surface area contributed by atoms with E-state index in [1.165, 1.54) is 5.57 Å². The van der Waals surface area contributed by atoms with Crippen LogP contribution in [0.15, 0.2) is 11.6 Å². The van der Waals surface area contributed by atoms with Crippen LogP contribution >= 0.6 is 0 Å². The average molecular weight is 193 g/mol. The fourth-order valence-corrected chi connectivity index (χ4v) is 1.62. The lowest BCUT2D eigenvalue weighted by Gasteiger charge is -2.15. The van der Waals surface area contributed by atoms with Gasteiger partial charge in [-0.25, -0.2) is 0 Å². The second-order valence-corrected chi connectivity index (χ2v) is 4.36. The molecule has 0 bridgehead atoms. The molecule has 0 fully saturated rings. The fraction of sp³-hybridized carbons (Fsp3) is 0.769. The van der Waals surface area contributed by atoms with Gasteiger partial charge in [0.1, 0.15) is 0 Å². The van der Waals surface area contributed by atoms with Crippen molar-refractivity contribution in [1.29, 1.82) is 5.26 Å². The normalized spacial score (nSPS) is 14.2. The maximum atomic E-state index is 8.97. The van der Waals surface area contributed by atoms with Gasteiger partial charge in [0.2, 0.25) is 0 Å². The molecule has 1 heteroatoms. The molecule has 0 aliphatic heterocycles. The third-order valence-corrected chi connectivity index (χ3v) is 2.63. The predicted molar refractivity (Wildman–Crippen MR) is 61.8 cm³/mol. The van der Waals surface area contributed by atoms with Gasteiger partial charge in [-0.2, -0.15) is 5.26 Å². The minimum Gasteiger partial charge on any atom is -0.198 e. The van der Waals surface area contributed by atoms with Gasteiger partial charge in [0.05, 0.1) is 6.07 Å². The first kappa shape index (κ1) is 13.2. The lowest BCUT2D eigenvalue weighted by Crippen LogP contribution is -2.09. The van der Waals surface area contributed by atoms with Crippen molar-refractivity contribution in [1.82, 2.24) is 0 Å². The number of allylic oxidation sites excluding steroid dienone is 2. The first-order valence-electron chi connectivity index (χ1n) is 5.64. The summed E-state index contributed by atoms with van der Waals surface area (Å²) in [6.45, 7) is 8.59. The number of hydrogen-bond acceptors (Lipinski definition) is 1. The summed E-state index contributed by atoms with van der Waals surface area (Å²) < 4.78 is 0. The lowest BCUT2D eigenvalue weighted by molar-refractivity contribution is 0.388. The maximum absolute atomic E-state index is 8.97. The van der Waals surface area contributed by atoms with Crippen molar-refractivity contribution in [2.45, 2.75) is 53.4 Å². The number of hydrogen-bond donors (Lipinski definition) is 0. The van der Waals surface area contributed by atoms with E-state index in [0.29, 0.717) is 5.92 Å². The van der Waals surface area contributed by atoms with Crippen molar-refractivity contribution in [3.63, 3.8) is 0 Å². The van der Waals surface area contributed by atoms with Gasteiger partial charge in [0.15, 0.2) is 0 Å². The van der Waals surface area contributed by atoms with Gasteiger partial charge < -0.3 is 0 Å². The molecule has 0 saturated carbocycles. The molecule has 0 N–H and O–H groups in total. The zero-order valence-corrected chi connectivity index (χ0v) is 10.0. The Balaban J connectivity index is 3.87. The highest BCUT2D eigenvalue weighted by Gasteiger charge is 2.14. The van der Waals surface area contributed by atoms with Gasteiger partial charge in [-0.1, -0.05) is 31.9 Å². The molecule has 2 unspecified atom stereocenters. The molecule has 0 saturated heterocycles. The molecule has 0 aromatic carbocycles. The van der Waals surface area contributed by atoms with Crippen molar-refractivity contribution >= 4 is 0 Å².